The molecule has 0 heterocycles. The lowest BCUT2D eigenvalue weighted by Crippen LogP contribution is -2.22. The summed E-state index contributed by atoms with van der Waals surface area (Å²) in [7, 11) is 0. The molecule has 112 valence electrons. The summed E-state index contributed by atoms with van der Waals surface area (Å²) in [6.07, 6.45) is 0. The van der Waals surface area contributed by atoms with Gasteiger partial charge in [-0.3, -0.25) is 0 Å². The number of nitrogens with one attached hydrogen (secondary N) is 1. The molecule has 2 aromatic rings. The Balaban J connectivity index is 2.03. The molecule has 0 unspecified atom stereocenters. The number of benzene rings is 2. The van der Waals surface area contributed by atoms with E-state index in [-0.39, 0.29) is 0 Å². The van der Waals surface area contributed by atoms with Crippen molar-refractivity contribution in [3.63, 3.8) is 0 Å². The van der Waals surface area contributed by atoms with E-state index in [0.29, 0.717) is 22.7 Å². The van der Waals surface area contributed by atoms with E-state index >= 15 is 0 Å². The van der Waals surface area contributed by atoms with E-state index in [2.05, 4.69) is 25.2 Å². The molecule has 2 nitrogen and oxygen atoms in total. The summed E-state index contributed by atoms with van der Waals surface area (Å²) in [6, 6.07) is 14.0. The molecule has 0 radical (unpaired) electrons. The molecule has 0 amide bonds. The van der Waals surface area contributed by atoms with Gasteiger partial charge in [-0.05, 0) is 23.8 Å². The van der Waals surface area contributed by atoms with Gasteiger partial charge < -0.3 is 10.1 Å². The highest BCUT2D eigenvalue weighted by Gasteiger charge is 2.05. The molecule has 1 N–H and O–H groups in total. The fourth-order valence-corrected chi connectivity index (χ4v) is 2.22. The van der Waals surface area contributed by atoms with E-state index in [1.54, 1.807) is 6.07 Å². The Bertz CT molecular complexity index is 599. The van der Waals surface area contributed by atoms with Crippen LogP contribution < -0.4 is 10.1 Å². The molecule has 4 heteroatoms. The van der Waals surface area contributed by atoms with E-state index < -0.39 is 0 Å². The second-order valence-electron chi connectivity index (χ2n) is 5.18. The molecule has 0 aliphatic heterocycles. The van der Waals surface area contributed by atoms with Gasteiger partial charge in [0.25, 0.3) is 0 Å². The van der Waals surface area contributed by atoms with Crippen LogP contribution in [-0.4, -0.2) is 6.04 Å². The van der Waals surface area contributed by atoms with Gasteiger partial charge in [0.15, 0.2) is 0 Å². The van der Waals surface area contributed by atoms with Crippen molar-refractivity contribution in [2.24, 2.45) is 0 Å². The summed E-state index contributed by atoms with van der Waals surface area (Å²) in [5.74, 6) is 0.886. The monoisotopic (exact) mass is 323 g/mol. The zero-order chi connectivity index (χ0) is 15.2. The van der Waals surface area contributed by atoms with Crippen molar-refractivity contribution in [2.45, 2.75) is 33.0 Å². The Morgan fingerprint density at radius 2 is 1.81 bits per heavy atom. The molecular weight excluding hydrogens is 305 g/mol. The average Bonchev–Trinajstić information content (AvgIpc) is 2.47. The van der Waals surface area contributed by atoms with Crippen molar-refractivity contribution in [2.75, 3.05) is 0 Å². The summed E-state index contributed by atoms with van der Waals surface area (Å²) in [5.41, 5.74) is 2.14. The third kappa shape index (κ3) is 4.92. The van der Waals surface area contributed by atoms with Gasteiger partial charge in [-0.15, -0.1) is 0 Å². The Kier molecular flexibility index (Phi) is 5.92. The van der Waals surface area contributed by atoms with E-state index in [9.17, 15) is 0 Å². The molecule has 0 aliphatic carbocycles. The van der Waals surface area contributed by atoms with Gasteiger partial charge >= 0.3 is 0 Å². The highest BCUT2D eigenvalue weighted by molar-refractivity contribution is 6.42. The van der Waals surface area contributed by atoms with Crippen LogP contribution in [0.2, 0.25) is 10.0 Å². The number of hydrogen-bond acceptors (Lipinski definition) is 2. The van der Waals surface area contributed by atoms with E-state index in [1.165, 1.54) is 0 Å². The number of rotatable bonds is 6. The van der Waals surface area contributed by atoms with Gasteiger partial charge in [-0.1, -0.05) is 61.3 Å². The predicted octanol–water partition coefficient (Wildman–Crippen LogP) is 5.07. The lowest BCUT2D eigenvalue weighted by atomic mass is 10.2. The highest BCUT2D eigenvalue weighted by atomic mass is 35.5. The summed E-state index contributed by atoms with van der Waals surface area (Å²) < 4.78 is 5.91. The Morgan fingerprint density at radius 3 is 2.52 bits per heavy atom. The Labute approximate surface area is 136 Å². The summed E-state index contributed by atoms with van der Waals surface area (Å²) in [6.45, 7) is 5.50. The van der Waals surface area contributed by atoms with Crippen molar-refractivity contribution in [3.05, 3.63) is 63.6 Å². The van der Waals surface area contributed by atoms with Gasteiger partial charge in [-0.2, -0.15) is 0 Å². The zero-order valence-corrected chi connectivity index (χ0v) is 13.7. The Hall–Kier alpha value is -1.22. The molecule has 0 spiro atoms. The molecule has 0 saturated carbocycles. The van der Waals surface area contributed by atoms with Crippen LogP contribution in [0.15, 0.2) is 42.5 Å². The fourth-order valence-electron chi connectivity index (χ4n) is 1.90. The van der Waals surface area contributed by atoms with Gasteiger partial charge in [0.05, 0.1) is 10.0 Å². The van der Waals surface area contributed by atoms with Crippen molar-refractivity contribution in [3.8, 4) is 5.75 Å². The van der Waals surface area contributed by atoms with Crippen LogP contribution in [0.25, 0.3) is 0 Å². The molecule has 0 atom stereocenters. The first-order chi connectivity index (χ1) is 10.1. The number of para-hydroxylation sites is 1. The maximum atomic E-state index is 6.01. The SMILES string of the molecule is CC(C)NCc1ccccc1OCc1ccc(Cl)c(Cl)c1. The second-order valence-corrected chi connectivity index (χ2v) is 5.99. The van der Waals surface area contributed by atoms with Crippen LogP contribution in [0.4, 0.5) is 0 Å². The smallest absolute Gasteiger partial charge is 0.124 e. The Morgan fingerprint density at radius 1 is 1.05 bits per heavy atom. The minimum absolute atomic E-state index is 0.438. The third-order valence-electron chi connectivity index (χ3n) is 3.05. The molecule has 2 aromatic carbocycles. The molecule has 2 rings (SSSR count). The molecule has 0 aromatic heterocycles. The van der Waals surface area contributed by atoms with Crippen LogP contribution in [0.3, 0.4) is 0 Å². The quantitative estimate of drug-likeness (QED) is 0.801. The minimum atomic E-state index is 0.438. The highest BCUT2D eigenvalue weighted by Crippen LogP contribution is 2.24. The molecule has 0 bridgehead atoms. The topological polar surface area (TPSA) is 21.3 Å². The van der Waals surface area contributed by atoms with Crippen LogP contribution in [0.5, 0.6) is 5.75 Å². The maximum absolute atomic E-state index is 6.01. The number of ether oxygens (including phenoxy) is 1. The van der Waals surface area contributed by atoms with Crippen molar-refractivity contribution < 1.29 is 4.74 Å². The van der Waals surface area contributed by atoms with Crippen LogP contribution in [0, 0.1) is 0 Å². The number of hydrogen-bond donors (Lipinski definition) is 1. The lowest BCUT2D eigenvalue weighted by molar-refractivity contribution is 0.302. The molecule has 0 aliphatic rings. The normalized spacial score (nSPS) is 10.9. The standard InChI is InChI=1S/C17H19Cl2NO/c1-12(2)20-10-14-5-3-4-6-17(14)21-11-13-7-8-15(18)16(19)9-13/h3-9,12,20H,10-11H2,1-2H3. The zero-order valence-electron chi connectivity index (χ0n) is 12.2. The van der Waals surface area contributed by atoms with Crippen LogP contribution >= 0.6 is 23.2 Å². The van der Waals surface area contributed by atoms with Gasteiger partial charge in [0.2, 0.25) is 0 Å². The minimum Gasteiger partial charge on any atom is -0.489 e. The van der Waals surface area contributed by atoms with Crippen LogP contribution in [-0.2, 0) is 13.2 Å². The molecule has 0 saturated heterocycles. The number of halogens is 2. The van der Waals surface area contributed by atoms with Gasteiger partial charge in [0.1, 0.15) is 12.4 Å². The average molecular weight is 324 g/mol. The first-order valence-corrected chi connectivity index (χ1v) is 7.70. The van der Waals surface area contributed by atoms with E-state index in [1.807, 2.05) is 30.3 Å². The van der Waals surface area contributed by atoms with Crippen LogP contribution in [0.1, 0.15) is 25.0 Å². The van der Waals surface area contributed by atoms with Crippen molar-refractivity contribution in [1.82, 2.24) is 5.32 Å². The fraction of sp³-hybridized carbons (Fsp3) is 0.294. The molecule has 0 fully saturated rings. The second kappa shape index (κ2) is 7.69. The summed E-state index contributed by atoms with van der Waals surface area (Å²) in [4.78, 5) is 0. The van der Waals surface area contributed by atoms with E-state index in [0.717, 1.165) is 23.4 Å². The van der Waals surface area contributed by atoms with Gasteiger partial charge in [0, 0.05) is 18.2 Å². The summed E-state index contributed by atoms with van der Waals surface area (Å²) in [5, 5.41) is 4.50. The van der Waals surface area contributed by atoms with Crippen molar-refractivity contribution >= 4 is 23.2 Å². The maximum Gasteiger partial charge on any atom is 0.124 e. The molecule has 21 heavy (non-hydrogen) atoms. The first-order valence-electron chi connectivity index (χ1n) is 6.94. The summed E-state index contributed by atoms with van der Waals surface area (Å²) >= 11 is 11.9. The molecular formula is C17H19Cl2NO. The van der Waals surface area contributed by atoms with Crippen molar-refractivity contribution in [1.29, 1.82) is 0 Å². The third-order valence-corrected chi connectivity index (χ3v) is 3.79. The van der Waals surface area contributed by atoms with E-state index in [4.69, 9.17) is 27.9 Å². The first kappa shape index (κ1) is 16.2. The lowest BCUT2D eigenvalue weighted by Gasteiger charge is -2.14. The predicted molar refractivity (Wildman–Crippen MR) is 89.2 cm³/mol. The largest absolute Gasteiger partial charge is 0.489 e. The van der Waals surface area contributed by atoms with Gasteiger partial charge in [-0.25, -0.2) is 0 Å².